The minimum absolute atomic E-state index is 0. The molecule has 1 nitrogen and oxygen atoms in total. The zero-order chi connectivity index (χ0) is 15.4. The number of rotatable bonds is 5. The predicted octanol–water partition coefficient (Wildman–Crippen LogP) is 5.67. The molecule has 0 radical (unpaired) electrons. The van der Waals surface area contributed by atoms with Gasteiger partial charge in [-0.25, -0.2) is 4.39 Å². The molecule has 2 rings (SSSR count). The maximum absolute atomic E-state index is 14.5. The molecule has 140 valence electrons. The van der Waals surface area contributed by atoms with Gasteiger partial charge in [0, 0.05) is 0 Å². The number of aliphatic hydroxyl groups is 1. The Balaban J connectivity index is 0.00000242. The molecule has 2 aliphatic rings. The standard InChI is InChI=1S/C19H35FO.2FH/c1-13-4-6-16(7-5-13)8-9-17-10-14(2)18(11-15(3)21)12-19(17)20;;/h13-19,21H,4-12H2,1-3H3;2*1H. The van der Waals surface area contributed by atoms with Crippen LogP contribution < -0.4 is 0 Å². The Labute approximate surface area is 140 Å². The average Bonchev–Trinajstić information content (AvgIpc) is 2.42. The summed E-state index contributed by atoms with van der Waals surface area (Å²) in [5.74, 6) is 3.00. The number of aliphatic hydroxyl groups excluding tert-OH is 1. The molecular formula is C19H37F3O. The van der Waals surface area contributed by atoms with Crippen molar-refractivity contribution in [3.05, 3.63) is 0 Å². The molecule has 2 saturated carbocycles. The minimum Gasteiger partial charge on any atom is -0.393 e. The monoisotopic (exact) mass is 338 g/mol. The summed E-state index contributed by atoms with van der Waals surface area (Å²) in [5.41, 5.74) is 0. The second kappa shape index (κ2) is 10.6. The number of hydrogen-bond acceptors (Lipinski definition) is 1. The van der Waals surface area contributed by atoms with E-state index in [0.29, 0.717) is 18.3 Å². The van der Waals surface area contributed by atoms with Gasteiger partial charge in [-0.1, -0.05) is 46.0 Å². The van der Waals surface area contributed by atoms with Crippen LogP contribution in [0.25, 0.3) is 0 Å². The molecule has 0 aromatic heterocycles. The third-order valence-corrected chi connectivity index (χ3v) is 6.24. The molecule has 0 aliphatic heterocycles. The van der Waals surface area contributed by atoms with E-state index >= 15 is 0 Å². The van der Waals surface area contributed by atoms with Gasteiger partial charge in [-0.3, -0.25) is 9.41 Å². The van der Waals surface area contributed by atoms with Gasteiger partial charge in [-0.05, 0) is 62.2 Å². The molecule has 0 amide bonds. The maximum atomic E-state index is 14.5. The summed E-state index contributed by atoms with van der Waals surface area (Å²) in [4.78, 5) is 0. The molecule has 0 aromatic carbocycles. The SMILES string of the molecule is CC(O)CC1CC(F)C(CCC2CCC(C)CC2)CC1C.F.F. The van der Waals surface area contributed by atoms with Crippen LogP contribution in [0.5, 0.6) is 0 Å². The van der Waals surface area contributed by atoms with Crippen LogP contribution in [-0.4, -0.2) is 17.4 Å². The third kappa shape index (κ3) is 7.03. The lowest BCUT2D eigenvalue weighted by molar-refractivity contribution is 0.0462. The second-order valence-corrected chi connectivity index (χ2v) is 8.27. The molecular weight excluding hydrogens is 301 g/mol. The van der Waals surface area contributed by atoms with Crippen LogP contribution in [0.15, 0.2) is 0 Å². The van der Waals surface area contributed by atoms with Crippen molar-refractivity contribution in [2.24, 2.45) is 29.6 Å². The number of halogens is 3. The molecule has 23 heavy (non-hydrogen) atoms. The minimum atomic E-state index is -0.632. The molecule has 2 aliphatic carbocycles. The second-order valence-electron chi connectivity index (χ2n) is 8.27. The van der Waals surface area contributed by atoms with Crippen molar-refractivity contribution in [3.8, 4) is 0 Å². The highest BCUT2D eigenvalue weighted by molar-refractivity contribution is 4.85. The van der Waals surface area contributed by atoms with Gasteiger partial charge in [0.15, 0.2) is 0 Å². The lowest BCUT2D eigenvalue weighted by atomic mass is 9.69. The fraction of sp³-hybridized carbons (Fsp3) is 1.00. The Kier molecular flexibility index (Phi) is 10.5. The van der Waals surface area contributed by atoms with Crippen LogP contribution in [0.4, 0.5) is 13.8 Å². The van der Waals surface area contributed by atoms with Crippen LogP contribution >= 0.6 is 0 Å². The first-order chi connectivity index (χ1) is 9.95. The van der Waals surface area contributed by atoms with E-state index in [0.717, 1.165) is 31.1 Å². The Bertz CT molecular complexity index is 303. The van der Waals surface area contributed by atoms with E-state index in [4.69, 9.17) is 0 Å². The first kappa shape index (κ1) is 22.8. The van der Waals surface area contributed by atoms with E-state index in [2.05, 4.69) is 13.8 Å². The van der Waals surface area contributed by atoms with Gasteiger partial charge in [0.25, 0.3) is 0 Å². The van der Waals surface area contributed by atoms with Crippen LogP contribution in [0, 0.1) is 29.6 Å². The smallest absolute Gasteiger partial charge is 0.103 e. The first-order valence-electron chi connectivity index (χ1n) is 9.27. The van der Waals surface area contributed by atoms with Gasteiger partial charge in [0.1, 0.15) is 6.17 Å². The van der Waals surface area contributed by atoms with E-state index in [1.807, 2.05) is 6.92 Å². The molecule has 0 heterocycles. The van der Waals surface area contributed by atoms with Crippen LogP contribution in [-0.2, 0) is 0 Å². The van der Waals surface area contributed by atoms with Gasteiger partial charge in [-0.15, -0.1) is 0 Å². The Morgan fingerprint density at radius 3 is 2.13 bits per heavy atom. The van der Waals surface area contributed by atoms with Crippen LogP contribution in [0.3, 0.4) is 0 Å². The fourth-order valence-corrected chi connectivity index (χ4v) is 4.66. The van der Waals surface area contributed by atoms with Gasteiger partial charge in [-0.2, -0.15) is 0 Å². The van der Waals surface area contributed by atoms with Crippen LogP contribution in [0.2, 0.25) is 0 Å². The lowest BCUT2D eigenvalue weighted by Gasteiger charge is -2.38. The summed E-state index contributed by atoms with van der Waals surface area (Å²) >= 11 is 0. The highest BCUT2D eigenvalue weighted by atomic mass is 19.1. The Hall–Kier alpha value is -0.250. The summed E-state index contributed by atoms with van der Waals surface area (Å²) in [6.07, 6.45) is 9.38. The van der Waals surface area contributed by atoms with Gasteiger partial charge in [0.05, 0.1) is 6.10 Å². The predicted molar refractivity (Wildman–Crippen MR) is 91.9 cm³/mol. The number of alkyl halides is 1. The van der Waals surface area contributed by atoms with Gasteiger partial charge >= 0.3 is 0 Å². The molecule has 1 N–H and O–H groups in total. The molecule has 0 saturated heterocycles. The quantitative estimate of drug-likeness (QED) is 0.685. The Morgan fingerprint density at radius 2 is 1.57 bits per heavy atom. The van der Waals surface area contributed by atoms with Crippen molar-refractivity contribution in [2.45, 2.75) is 90.8 Å². The fourth-order valence-electron chi connectivity index (χ4n) is 4.66. The molecule has 0 aromatic rings. The van der Waals surface area contributed by atoms with Crippen molar-refractivity contribution in [1.29, 1.82) is 0 Å². The van der Waals surface area contributed by atoms with E-state index < -0.39 is 6.17 Å². The molecule has 2 fully saturated rings. The zero-order valence-corrected chi connectivity index (χ0v) is 15.0. The average molecular weight is 338 g/mol. The summed E-state index contributed by atoms with van der Waals surface area (Å²) in [6, 6.07) is 0. The van der Waals surface area contributed by atoms with Crippen molar-refractivity contribution < 1.29 is 18.9 Å². The number of hydrogen-bond donors (Lipinski definition) is 1. The third-order valence-electron chi connectivity index (χ3n) is 6.24. The largest absolute Gasteiger partial charge is 0.393 e. The maximum Gasteiger partial charge on any atom is 0.103 e. The van der Waals surface area contributed by atoms with E-state index in [9.17, 15) is 9.50 Å². The highest BCUT2D eigenvalue weighted by Gasteiger charge is 2.35. The van der Waals surface area contributed by atoms with Crippen molar-refractivity contribution >= 4 is 0 Å². The zero-order valence-electron chi connectivity index (χ0n) is 15.0. The molecule has 5 atom stereocenters. The summed E-state index contributed by atoms with van der Waals surface area (Å²) < 4.78 is 14.5. The highest BCUT2D eigenvalue weighted by Crippen LogP contribution is 2.41. The Morgan fingerprint density at radius 1 is 0.957 bits per heavy atom. The van der Waals surface area contributed by atoms with E-state index in [1.54, 1.807) is 0 Å². The van der Waals surface area contributed by atoms with Crippen molar-refractivity contribution in [2.75, 3.05) is 0 Å². The molecule has 4 heteroatoms. The van der Waals surface area contributed by atoms with E-state index in [-0.39, 0.29) is 21.4 Å². The van der Waals surface area contributed by atoms with Gasteiger partial charge in [0.2, 0.25) is 0 Å². The summed E-state index contributed by atoms with van der Waals surface area (Å²) in [6.45, 7) is 6.45. The first-order valence-corrected chi connectivity index (χ1v) is 9.27. The van der Waals surface area contributed by atoms with Crippen molar-refractivity contribution in [3.63, 3.8) is 0 Å². The van der Waals surface area contributed by atoms with Crippen LogP contribution in [0.1, 0.15) is 78.6 Å². The summed E-state index contributed by atoms with van der Waals surface area (Å²) in [5, 5.41) is 9.55. The molecule has 0 bridgehead atoms. The normalized spacial score (nSPS) is 39.0. The molecule has 0 spiro atoms. The summed E-state index contributed by atoms with van der Waals surface area (Å²) in [7, 11) is 0. The lowest BCUT2D eigenvalue weighted by Crippen LogP contribution is -2.33. The van der Waals surface area contributed by atoms with Crippen molar-refractivity contribution in [1.82, 2.24) is 0 Å². The van der Waals surface area contributed by atoms with Gasteiger partial charge < -0.3 is 5.11 Å². The molecule has 5 unspecified atom stereocenters. The topological polar surface area (TPSA) is 20.2 Å². The van der Waals surface area contributed by atoms with E-state index in [1.165, 1.54) is 32.1 Å².